The first-order valence-corrected chi connectivity index (χ1v) is 5.44. The molecule has 0 radical (unpaired) electrons. The van der Waals surface area contributed by atoms with Crippen molar-refractivity contribution in [1.82, 2.24) is 15.1 Å². The molecule has 0 saturated carbocycles. The van der Waals surface area contributed by atoms with Gasteiger partial charge in [-0.1, -0.05) is 0 Å². The monoisotopic (exact) mass is 238 g/mol. The molecule has 1 atom stereocenters. The van der Waals surface area contributed by atoms with E-state index in [0.717, 1.165) is 6.42 Å². The smallest absolute Gasteiger partial charge is 0.321 e. The number of aromatic amines is 1. The number of likely N-dealkylation sites (tertiary alicyclic amines) is 1. The lowest BCUT2D eigenvalue weighted by atomic mass is 9.99. The number of carbonyl (C=O) groups excluding carboxylic acids is 1. The quantitative estimate of drug-likeness (QED) is 0.707. The zero-order chi connectivity index (χ0) is 12.3. The van der Waals surface area contributed by atoms with E-state index in [1.54, 1.807) is 6.20 Å². The maximum atomic E-state index is 11.8. The predicted octanol–water partition coefficient (Wildman–Crippen LogP) is 0.738. The van der Waals surface area contributed by atoms with Crippen molar-refractivity contribution in [2.24, 2.45) is 5.92 Å². The Balaban J connectivity index is 1.93. The number of H-pyrrole nitrogens is 1. The van der Waals surface area contributed by atoms with Crippen LogP contribution < -0.4 is 5.32 Å². The van der Waals surface area contributed by atoms with Crippen LogP contribution in [-0.4, -0.2) is 45.3 Å². The van der Waals surface area contributed by atoms with E-state index in [0.29, 0.717) is 18.7 Å². The third-order valence-electron chi connectivity index (χ3n) is 2.81. The molecule has 0 bridgehead atoms. The summed E-state index contributed by atoms with van der Waals surface area (Å²) in [5, 5.41) is 17.9. The standard InChI is InChI=1S/C10H14N4O3/c15-9(16)7-2-1-3-14(6-7)10(17)13-8-4-11-12-5-8/h4-5,7H,1-3,6H2,(H,11,12)(H,13,17)(H,15,16)/t7-/m1/s1. The second-order valence-corrected chi connectivity index (χ2v) is 4.04. The Kier molecular flexibility index (Phi) is 3.27. The first-order chi connectivity index (χ1) is 8.16. The summed E-state index contributed by atoms with van der Waals surface area (Å²) >= 11 is 0. The van der Waals surface area contributed by atoms with Gasteiger partial charge in [0.1, 0.15) is 0 Å². The number of aliphatic carboxylic acids is 1. The van der Waals surface area contributed by atoms with Gasteiger partial charge in [-0.3, -0.25) is 9.89 Å². The highest BCUT2D eigenvalue weighted by atomic mass is 16.4. The number of anilines is 1. The molecule has 1 aromatic heterocycles. The van der Waals surface area contributed by atoms with Crippen molar-refractivity contribution in [2.45, 2.75) is 12.8 Å². The van der Waals surface area contributed by atoms with Gasteiger partial charge in [0.15, 0.2) is 0 Å². The first kappa shape index (κ1) is 11.4. The third-order valence-corrected chi connectivity index (χ3v) is 2.81. The summed E-state index contributed by atoms with van der Waals surface area (Å²) in [7, 11) is 0. The molecule has 2 heterocycles. The maximum absolute atomic E-state index is 11.8. The van der Waals surface area contributed by atoms with Crippen LogP contribution in [0, 0.1) is 5.92 Å². The molecule has 1 saturated heterocycles. The minimum absolute atomic E-state index is 0.263. The fourth-order valence-corrected chi connectivity index (χ4v) is 1.88. The van der Waals surface area contributed by atoms with E-state index in [9.17, 15) is 9.59 Å². The van der Waals surface area contributed by atoms with Gasteiger partial charge in [0.05, 0.1) is 17.8 Å². The Morgan fingerprint density at radius 3 is 3.06 bits per heavy atom. The maximum Gasteiger partial charge on any atom is 0.321 e. The van der Waals surface area contributed by atoms with E-state index in [2.05, 4.69) is 15.5 Å². The number of piperidine rings is 1. The molecule has 0 unspecified atom stereocenters. The summed E-state index contributed by atoms with van der Waals surface area (Å²) in [6.45, 7) is 0.854. The second-order valence-electron chi connectivity index (χ2n) is 4.04. The second kappa shape index (κ2) is 4.86. The lowest BCUT2D eigenvalue weighted by Crippen LogP contribution is -2.44. The molecule has 7 heteroatoms. The number of rotatable bonds is 2. The van der Waals surface area contributed by atoms with Crippen molar-refractivity contribution in [3.05, 3.63) is 12.4 Å². The largest absolute Gasteiger partial charge is 0.481 e. The normalized spacial score (nSPS) is 20.0. The summed E-state index contributed by atoms with van der Waals surface area (Å²) in [4.78, 5) is 24.2. The summed E-state index contributed by atoms with van der Waals surface area (Å²) in [6, 6.07) is -0.280. The molecule has 1 aliphatic rings. The van der Waals surface area contributed by atoms with Crippen LogP contribution in [0.4, 0.5) is 10.5 Å². The summed E-state index contributed by atoms with van der Waals surface area (Å²) in [5.41, 5.74) is 0.576. The topological polar surface area (TPSA) is 98.3 Å². The van der Waals surface area contributed by atoms with Gasteiger partial charge in [-0.25, -0.2) is 4.79 Å². The molecule has 1 aliphatic heterocycles. The summed E-state index contributed by atoms with van der Waals surface area (Å²) in [5.74, 6) is -1.30. The molecule has 17 heavy (non-hydrogen) atoms. The lowest BCUT2D eigenvalue weighted by Gasteiger charge is -2.30. The highest BCUT2D eigenvalue weighted by Crippen LogP contribution is 2.17. The molecule has 1 fully saturated rings. The number of amides is 2. The van der Waals surface area contributed by atoms with Gasteiger partial charge in [-0.2, -0.15) is 5.10 Å². The molecule has 0 aliphatic carbocycles. The van der Waals surface area contributed by atoms with Crippen LogP contribution in [0.3, 0.4) is 0 Å². The SMILES string of the molecule is O=C(O)[C@@H]1CCCN(C(=O)Nc2cn[nH]c2)C1. The zero-order valence-electron chi connectivity index (χ0n) is 9.22. The van der Waals surface area contributed by atoms with E-state index >= 15 is 0 Å². The van der Waals surface area contributed by atoms with E-state index in [1.807, 2.05) is 0 Å². The van der Waals surface area contributed by atoms with Crippen LogP contribution in [0.5, 0.6) is 0 Å². The van der Waals surface area contributed by atoms with Gasteiger partial charge >= 0.3 is 12.0 Å². The van der Waals surface area contributed by atoms with Crippen molar-refractivity contribution < 1.29 is 14.7 Å². The number of carboxylic acids is 1. The van der Waals surface area contributed by atoms with Gasteiger partial charge in [0.2, 0.25) is 0 Å². The Hall–Kier alpha value is -2.05. The highest BCUT2D eigenvalue weighted by Gasteiger charge is 2.28. The Morgan fingerprint density at radius 1 is 1.59 bits per heavy atom. The summed E-state index contributed by atoms with van der Waals surface area (Å²) < 4.78 is 0. The van der Waals surface area contributed by atoms with Gasteiger partial charge in [-0.15, -0.1) is 0 Å². The zero-order valence-corrected chi connectivity index (χ0v) is 9.22. The number of urea groups is 1. The molecule has 2 rings (SSSR count). The lowest BCUT2D eigenvalue weighted by molar-refractivity contribution is -0.143. The van der Waals surface area contributed by atoms with Gasteiger partial charge < -0.3 is 15.3 Å². The molecule has 7 nitrogen and oxygen atoms in total. The predicted molar refractivity (Wildman–Crippen MR) is 59.5 cm³/mol. The number of nitrogens with zero attached hydrogens (tertiary/aromatic N) is 2. The van der Waals surface area contributed by atoms with Crippen molar-refractivity contribution in [2.75, 3.05) is 18.4 Å². The molecule has 0 spiro atoms. The first-order valence-electron chi connectivity index (χ1n) is 5.44. The number of carbonyl (C=O) groups is 2. The number of aromatic nitrogens is 2. The minimum Gasteiger partial charge on any atom is -0.481 e. The molecule has 92 valence electrons. The number of carboxylic acid groups (broad SMARTS) is 1. The molecule has 2 amide bonds. The fourth-order valence-electron chi connectivity index (χ4n) is 1.88. The van der Waals surface area contributed by atoms with Crippen LogP contribution in [0.1, 0.15) is 12.8 Å². The minimum atomic E-state index is -0.842. The Morgan fingerprint density at radius 2 is 2.41 bits per heavy atom. The third kappa shape index (κ3) is 2.74. The molecule has 0 aromatic carbocycles. The van der Waals surface area contributed by atoms with Gasteiger partial charge in [0.25, 0.3) is 0 Å². The average molecular weight is 238 g/mol. The molecule has 3 N–H and O–H groups in total. The Labute approximate surface area is 97.8 Å². The molecule has 1 aromatic rings. The van der Waals surface area contributed by atoms with Crippen LogP contribution in [0.25, 0.3) is 0 Å². The fraction of sp³-hybridized carbons (Fsp3) is 0.500. The van der Waals surface area contributed by atoms with E-state index < -0.39 is 11.9 Å². The van der Waals surface area contributed by atoms with Crippen LogP contribution in [-0.2, 0) is 4.79 Å². The van der Waals surface area contributed by atoms with E-state index in [-0.39, 0.29) is 12.6 Å². The van der Waals surface area contributed by atoms with Crippen molar-refractivity contribution in [1.29, 1.82) is 0 Å². The number of hydrogen-bond donors (Lipinski definition) is 3. The Bertz CT molecular complexity index is 404. The van der Waals surface area contributed by atoms with Crippen LogP contribution in [0.15, 0.2) is 12.4 Å². The van der Waals surface area contributed by atoms with Gasteiger partial charge in [-0.05, 0) is 12.8 Å². The number of hydrogen-bond acceptors (Lipinski definition) is 3. The van der Waals surface area contributed by atoms with Crippen molar-refractivity contribution >= 4 is 17.7 Å². The number of nitrogens with one attached hydrogen (secondary N) is 2. The van der Waals surface area contributed by atoms with E-state index in [1.165, 1.54) is 11.1 Å². The van der Waals surface area contributed by atoms with Crippen molar-refractivity contribution in [3.8, 4) is 0 Å². The van der Waals surface area contributed by atoms with Crippen molar-refractivity contribution in [3.63, 3.8) is 0 Å². The molecular weight excluding hydrogens is 224 g/mol. The summed E-state index contributed by atoms with van der Waals surface area (Å²) in [6.07, 6.45) is 4.41. The highest BCUT2D eigenvalue weighted by molar-refractivity contribution is 5.89. The average Bonchev–Trinajstić information content (AvgIpc) is 2.82. The van der Waals surface area contributed by atoms with Crippen LogP contribution in [0.2, 0.25) is 0 Å². The molecular formula is C10H14N4O3. The van der Waals surface area contributed by atoms with Gasteiger partial charge in [0, 0.05) is 19.3 Å². The van der Waals surface area contributed by atoms with Crippen LogP contribution >= 0.6 is 0 Å². The van der Waals surface area contributed by atoms with E-state index in [4.69, 9.17) is 5.11 Å².